The normalized spacial score (nSPS) is 28.2. The average Bonchev–Trinajstić information content (AvgIpc) is 2.82. The number of aliphatic hydroxyl groups is 1. The zero-order chi connectivity index (χ0) is 9.26. The van der Waals surface area contributed by atoms with Crippen molar-refractivity contribution in [2.45, 2.75) is 50.7 Å². The van der Waals surface area contributed by atoms with Crippen LogP contribution in [-0.2, 0) is 4.74 Å². The van der Waals surface area contributed by atoms with Crippen LogP contribution in [0.1, 0.15) is 38.5 Å². The highest BCUT2D eigenvalue weighted by molar-refractivity contribution is 4.88. The predicted octanol–water partition coefficient (Wildman–Crippen LogP) is 1.96. The molecule has 2 atom stereocenters. The van der Waals surface area contributed by atoms with Gasteiger partial charge in [-0.3, -0.25) is 0 Å². The van der Waals surface area contributed by atoms with Gasteiger partial charge in [0.2, 0.25) is 0 Å². The lowest BCUT2D eigenvalue weighted by Gasteiger charge is -2.30. The summed E-state index contributed by atoms with van der Waals surface area (Å²) in [7, 11) is 1.73. The van der Waals surface area contributed by atoms with Crippen molar-refractivity contribution in [2.75, 3.05) is 7.11 Å². The Labute approximate surface area is 80.3 Å². The molecule has 0 aromatic carbocycles. The van der Waals surface area contributed by atoms with Gasteiger partial charge in [-0.15, -0.1) is 0 Å². The standard InChI is InChI=1S/C11H20O2/c1-13-11(9-5-6-9)10(12)7-8-3-2-4-8/h8-12H,2-7H2,1H3. The Bertz CT molecular complexity index is 161. The summed E-state index contributed by atoms with van der Waals surface area (Å²) in [6.07, 6.45) is 7.38. The minimum atomic E-state index is -0.206. The van der Waals surface area contributed by atoms with Crippen molar-refractivity contribution in [3.8, 4) is 0 Å². The van der Waals surface area contributed by atoms with Crippen molar-refractivity contribution < 1.29 is 9.84 Å². The van der Waals surface area contributed by atoms with Crippen LogP contribution < -0.4 is 0 Å². The summed E-state index contributed by atoms with van der Waals surface area (Å²) in [5, 5.41) is 9.93. The SMILES string of the molecule is COC(C(O)CC1CCC1)C1CC1. The van der Waals surface area contributed by atoms with Gasteiger partial charge in [-0.1, -0.05) is 19.3 Å². The van der Waals surface area contributed by atoms with Crippen molar-refractivity contribution >= 4 is 0 Å². The number of rotatable bonds is 5. The molecule has 0 amide bonds. The van der Waals surface area contributed by atoms with E-state index in [0.717, 1.165) is 12.3 Å². The first-order chi connectivity index (χ1) is 6.31. The van der Waals surface area contributed by atoms with E-state index in [0.29, 0.717) is 5.92 Å². The quantitative estimate of drug-likeness (QED) is 0.707. The van der Waals surface area contributed by atoms with Gasteiger partial charge in [-0.2, -0.15) is 0 Å². The topological polar surface area (TPSA) is 29.5 Å². The lowest BCUT2D eigenvalue weighted by Crippen LogP contribution is -2.33. The molecule has 2 heteroatoms. The lowest BCUT2D eigenvalue weighted by molar-refractivity contribution is -0.0398. The molecule has 0 aromatic heterocycles. The lowest BCUT2D eigenvalue weighted by atomic mass is 9.80. The summed E-state index contributed by atoms with van der Waals surface area (Å²) in [4.78, 5) is 0. The molecule has 2 nitrogen and oxygen atoms in total. The summed E-state index contributed by atoms with van der Waals surface area (Å²) in [5.74, 6) is 1.44. The van der Waals surface area contributed by atoms with Gasteiger partial charge in [0.25, 0.3) is 0 Å². The number of aliphatic hydroxyl groups excluding tert-OH is 1. The number of hydrogen-bond acceptors (Lipinski definition) is 2. The Kier molecular flexibility index (Phi) is 2.89. The van der Waals surface area contributed by atoms with E-state index in [4.69, 9.17) is 4.74 Å². The Morgan fingerprint density at radius 2 is 2.00 bits per heavy atom. The highest BCUT2D eigenvalue weighted by Crippen LogP contribution is 2.38. The smallest absolute Gasteiger partial charge is 0.0858 e. The van der Waals surface area contributed by atoms with Crippen LogP contribution in [0.25, 0.3) is 0 Å². The van der Waals surface area contributed by atoms with Crippen molar-refractivity contribution in [2.24, 2.45) is 11.8 Å². The van der Waals surface area contributed by atoms with E-state index in [1.807, 2.05) is 0 Å². The summed E-state index contributed by atoms with van der Waals surface area (Å²) < 4.78 is 5.36. The molecule has 0 heterocycles. The van der Waals surface area contributed by atoms with Crippen LogP contribution in [0.4, 0.5) is 0 Å². The van der Waals surface area contributed by atoms with Crippen LogP contribution in [0.2, 0.25) is 0 Å². The molecule has 2 unspecified atom stereocenters. The molecule has 1 N–H and O–H groups in total. The molecule has 2 aliphatic rings. The molecule has 0 bridgehead atoms. The van der Waals surface area contributed by atoms with Gasteiger partial charge in [-0.25, -0.2) is 0 Å². The van der Waals surface area contributed by atoms with E-state index in [9.17, 15) is 5.11 Å². The predicted molar refractivity (Wildman–Crippen MR) is 51.5 cm³/mol. The molecular formula is C11H20O2. The van der Waals surface area contributed by atoms with Crippen LogP contribution >= 0.6 is 0 Å². The van der Waals surface area contributed by atoms with Crippen LogP contribution in [-0.4, -0.2) is 24.4 Å². The zero-order valence-electron chi connectivity index (χ0n) is 8.41. The van der Waals surface area contributed by atoms with Crippen LogP contribution in [0, 0.1) is 11.8 Å². The first kappa shape index (κ1) is 9.47. The third-order valence-corrected chi connectivity index (χ3v) is 3.54. The zero-order valence-corrected chi connectivity index (χ0v) is 8.41. The first-order valence-electron chi connectivity index (χ1n) is 5.52. The fourth-order valence-electron chi connectivity index (χ4n) is 2.29. The van der Waals surface area contributed by atoms with E-state index < -0.39 is 0 Å². The molecular weight excluding hydrogens is 164 g/mol. The molecule has 0 radical (unpaired) electrons. The Morgan fingerprint density at radius 1 is 1.31 bits per heavy atom. The van der Waals surface area contributed by atoms with Gasteiger partial charge in [-0.05, 0) is 31.1 Å². The molecule has 2 rings (SSSR count). The summed E-state index contributed by atoms with van der Waals surface area (Å²) in [5.41, 5.74) is 0. The maximum atomic E-state index is 9.93. The Morgan fingerprint density at radius 3 is 2.38 bits per heavy atom. The summed E-state index contributed by atoms with van der Waals surface area (Å²) in [6.45, 7) is 0. The molecule has 0 aromatic rings. The summed E-state index contributed by atoms with van der Waals surface area (Å²) >= 11 is 0. The highest BCUT2D eigenvalue weighted by atomic mass is 16.5. The summed E-state index contributed by atoms with van der Waals surface area (Å²) in [6, 6.07) is 0. The van der Waals surface area contributed by atoms with Crippen LogP contribution in [0.5, 0.6) is 0 Å². The van der Waals surface area contributed by atoms with E-state index in [-0.39, 0.29) is 12.2 Å². The third-order valence-electron chi connectivity index (χ3n) is 3.54. The Balaban J connectivity index is 1.75. The van der Waals surface area contributed by atoms with Crippen molar-refractivity contribution in [1.82, 2.24) is 0 Å². The van der Waals surface area contributed by atoms with Crippen molar-refractivity contribution in [3.63, 3.8) is 0 Å². The van der Waals surface area contributed by atoms with E-state index >= 15 is 0 Å². The molecule has 0 saturated heterocycles. The molecule has 76 valence electrons. The largest absolute Gasteiger partial charge is 0.390 e. The molecule has 0 spiro atoms. The maximum Gasteiger partial charge on any atom is 0.0858 e. The van der Waals surface area contributed by atoms with Crippen molar-refractivity contribution in [1.29, 1.82) is 0 Å². The van der Waals surface area contributed by atoms with Gasteiger partial charge in [0.05, 0.1) is 12.2 Å². The molecule has 2 saturated carbocycles. The molecule has 0 aliphatic heterocycles. The first-order valence-corrected chi connectivity index (χ1v) is 5.52. The number of ether oxygens (including phenoxy) is 1. The molecule has 13 heavy (non-hydrogen) atoms. The van der Waals surface area contributed by atoms with Crippen LogP contribution in [0.15, 0.2) is 0 Å². The van der Waals surface area contributed by atoms with Gasteiger partial charge < -0.3 is 9.84 Å². The van der Waals surface area contributed by atoms with E-state index in [1.54, 1.807) is 7.11 Å². The fourth-order valence-corrected chi connectivity index (χ4v) is 2.29. The minimum Gasteiger partial charge on any atom is -0.390 e. The fraction of sp³-hybridized carbons (Fsp3) is 1.00. The van der Waals surface area contributed by atoms with Gasteiger partial charge in [0.1, 0.15) is 0 Å². The van der Waals surface area contributed by atoms with E-state index in [1.165, 1.54) is 32.1 Å². The maximum absolute atomic E-state index is 9.93. The van der Waals surface area contributed by atoms with Gasteiger partial charge >= 0.3 is 0 Å². The second-order valence-corrected chi connectivity index (χ2v) is 4.64. The number of methoxy groups -OCH3 is 1. The van der Waals surface area contributed by atoms with Crippen molar-refractivity contribution in [3.05, 3.63) is 0 Å². The van der Waals surface area contributed by atoms with Gasteiger partial charge in [0, 0.05) is 7.11 Å². The third kappa shape index (κ3) is 2.23. The average molecular weight is 184 g/mol. The molecule has 2 fully saturated rings. The highest BCUT2D eigenvalue weighted by Gasteiger charge is 2.37. The number of hydrogen-bond donors (Lipinski definition) is 1. The minimum absolute atomic E-state index is 0.126. The molecule has 2 aliphatic carbocycles. The van der Waals surface area contributed by atoms with Crippen LogP contribution in [0.3, 0.4) is 0 Å². The van der Waals surface area contributed by atoms with Gasteiger partial charge in [0.15, 0.2) is 0 Å². The second-order valence-electron chi connectivity index (χ2n) is 4.64. The van der Waals surface area contributed by atoms with E-state index in [2.05, 4.69) is 0 Å². The second kappa shape index (κ2) is 3.97. The Hall–Kier alpha value is -0.0800. The monoisotopic (exact) mass is 184 g/mol.